The maximum Gasteiger partial charge on any atom is 0.285 e. The van der Waals surface area contributed by atoms with E-state index in [2.05, 4.69) is 10.2 Å². The Kier molecular flexibility index (Phi) is 2.74. The molecular weight excluding hydrogens is 172 g/mol. The molecule has 0 saturated carbocycles. The van der Waals surface area contributed by atoms with Crippen LogP contribution in [0.3, 0.4) is 0 Å². The third-order valence-electron chi connectivity index (χ3n) is 1.20. The highest BCUT2D eigenvalue weighted by Gasteiger charge is 1.81. The molecule has 0 saturated heterocycles. The van der Waals surface area contributed by atoms with Crippen LogP contribution in [0.25, 0.3) is 0 Å². The minimum atomic E-state index is -0.222. The first-order valence-electron chi connectivity index (χ1n) is 3.46. The summed E-state index contributed by atoms with van der Waals surface area (Å²) in [6.07, 6.45) is 4.77. The third kappa shape index (κ3) is 2.73. The van der Waals surface area contributed by atoms with Gasteiger partial charge in [-0.1, -0.05) is 0 Å². The van der Waals surface area contributed by atoms with Crippen LogP contribution in [-0.4, -0.2) is 19.8 Å². The van der Waals surface area contributed by atoms with Gasteiger partial charge in [-0.15, -0.1) is 0 Å². The molecule has 0 aliphatic heterocycles. The van der Waals surface area contributed by atoms with E-state index in [1.807, 2.05) is 0 Å². The largest absolute Gasteiger partial charge is 0.323 e. The Morgan fingerprint density at radius 3 is 2.38 bits per heavy atom. The van der Waals surface area contributed by atoms with Crippen molar-refractivity contribution < 1.29 is 0 Å². The first-order valence-corrected chi connectivity index (χ1v) is 3.46. The second kappa shape index (κ2) is 4.00. The van der Waals surface area contributed by atoms with Crippen molar-refractivity contribution in [2.75, 3.05) is 11.7 Å². The molecule has 0 bridgehead atoms. The van der Waals surface area contributed by atoms with Gasteiger partial charge in [-0.05, 0) is 6.07 Å². The van der Waals surface area contributed by atoms with Crippen LogP contribution < -0.4 is 17.2 Å². The second-order valence-electron chi connectivity index (χ2n) is 2.16. The summed E-state index contributed by atoms with van der Waals surface area (Å²) in [6.45, 7) is 0. The van der Waals surface area contributed by atoms with E-state index in [9.17, 15) is 4.79 Å². The molecule has 5 N–H and O–H groups in total. The monoisotopic (exact) mass is 182 g/mol. The SMILES string of the molecule is Nn1[nH]ccc1=O.Nn1cccn1. The minimum Gasteiger partial charge on any atom is -0.323 e. The number of rotatable bonds is 0. The molecule has 0 atom stereocenters. The van der Waals surface area contributed by atoms with Gasteiger partial charge in [0.25, 0.3) is 5.56 Å². The molecule has 0 spiro atoms. The first kappa shape index (κ1) is 8.91. The topological polar surface area (TPSA) is 108 Å². The molecule has 0 fully saturated rings. The summed E-state index contributed by atoms with van der Waals surface area (Å²) >= 11 is 0. The Morgan fingerprint density at radius 2 is 2.23 bits per heavy atom. The summed E-state index contributed by atoms with van der Waals surface area (Å²) in [5.41, 5.74) is -0.222. The molecule has 2 aromatic rings. The van der Waals surface area contributed by atoms with Gasteiger partial charge in [0.05, 0.1) is 6.20 Å². The van der Waals surface area contributed by atoms with Crippen molar-refractivity contribution in [2.24, 2.45) is 0 Å². The van der Waals surface area contributed by atoms with Crippen LogP contribution in [0.4, 0.5) is 0 Å². The molecule has 0 unspecified atom stereocenters. The number of nitrogens with two attached hydrogens (primary N) is 2. The minimum absolute atomic E-state index is 0.222. The van der Waals surface area contributed by atoms with Crippen molar-refractivity contribution in [3.8, 4) is 0 Å². The van der Waals surface area contributed by atoms with Gasteiger partial charge in [-0.3, -0.25) is 9.89 Å². The Labute approximate surface area is 73.5 Å². The fourth-order valence-corrected chi connectivity index (χ4v) is 0.613. The summed E-state index contributed by atoms with van der Waals surface area (Å²) in [7, 11) is 0. The Balaban J connectivity index is 0.000000132. The summed E-state index contributed by atoms with van der Waals surface area (Å²) < 4.78 is 0. The number of hydrogen-bond donors (Lipinski definition) is 3. The van der Waals surface area contributed by atoms with Crippen LogP contribution in [0.2, 0.25) is 0 Å². The molecule has 0 amide bonds. The summed E-state index contributed by atoms with van der Waals surface area (Å²) in [5.74, 6) is 10.1. The Bertz CT molecular complexity index is 385. The van der Waals surface area contributed by atoms with Gasteiger partial charge >= 0.3 is 0 Å². The van der Waals surface area contributed by atoms with Crippen LogP contribution >= 0.6 is 0 Å². The van der Waals surface area contributed by atoms with Gasteiger partial charge in [-0.25, -0.2) is 0 Å². The zero-order valence-corrected chi connectivity index (χ0v) is 6.79. The first-order chi connectivity index (χ1) is 6.20. The molecule has 13 heavy (non-hydrogen) atoms. The van der Waals surface area contributed by atoms with Crippen LogP contribution in [0.15, 0.2) is 35.5 Å². The van der Waals surface area contributed by atoms with E-state index in [1.165, 1.54) is 17.1 Å². The molecule has 7 nitrogen and oxygen atoms in total. The molecule has 0 aliphatic rings. The number of nitrogens with zero attached hydrogens (tertiary/aromatic N) is 3. The number of nitrogen functional groups attached to an aromatic ring is 2. The second-order valence-corrected chi connectivity index (χ2v) is 2.16. The van der Waals surface area contributed by atoms with Crippen molar-refractivity contribution in [2.45, 2.75) is 0 Å². The average molecular weight is 182 g/mol. The van der Waals surface area contributed by atoms with Crippen molar-refractivity contribution in [3.05, 3.63) is 41.1 Å². The zero-order valence-electron chi connectivity index (χ0n) is 6.79. The van der Waals surface area contributed by atoms with E-state index in [0.29, 0.717) is 0 Å². The summed E-state index contributed by atoms with van der Waals surface area (Å²) in [6, 6.07) is 3.11. The fraction of sp³-hybridized carbons (Fsp3) is 0. The molecule has 0 aromatic carbocycles. The van der Waals surface area contributed by atoms with E-state index in [-0.39, 0.29) is 5.56 Å². The van der Waals surface area contributed by atoms with E-state index < -0.39 is 0 Å². The highest BCUT2D eigenvalue weighted by Crippen LogP contribution is 1.70. The molecular formula is C6H10N6O. The number of nitrogens with one attached hydrogen (secondary N) is 1. The Hall–Kier alpha value is -2.18. The van der Waals surface area contributed by atoms with Gasteiger partial charge < -0.3 is 11.7 Å². The average Bonchev–Trinajstić information content (AvgIpc) is 2.67. The van der Waals surface area contributed by atoms with Crippen molar-refractivity contribution >= 4 is 0 Å². The smallest absolute Gasteiger partial charge is 0.285 e. The normalized spacial score (nSPS) is 8.92. The van der Waals surface area contributed by atoms with Crippen LogP contribution in [0.1, 0.15) is 0 Å². The van der Waals surface area contributed by atoms with Gasteiger partial charge in [0.2, 0.25) is 0 Å². The molecule has 7 heteroatoms. The molecule has 70 valence electrons. The summed E-state index contributed by atoms with van der Waals surface area (Å²) in [5, 5.41) is 6.06. The third-order valence-corrected chi connectivity index (χ3v) is 1.20. The van der Waals surface area contributed by atoms with Crippen molar-refractivity contribution in [1.29, 1.82) is 0 Å². The quantitative estimate of drug-likeness (QED) is 0.430. The lowest BCUT2D eigenvalue weighted by Crippen LogP contribution is -2.23. The summed E-state index contributed by atoms with van der Waals surface area (Å²) in [4.78, 5) is 12.4. The lowest BCUT2D eigenvalue weighted by molar-refractivity contribution is 0.802. The number of H-pyrrole nitrogens is 1. The van der Waals surface area contributed by atoms with Gasteiger partial charge in [-0.2, -0.15) is 14.7 Å². The zero-order chi connectivity index (χ0) is 9.68. The lowest BCUT2D eigenvalue weighted by Gasteiger charge is -1.81. The molecule has 2 rings (SSSR count). The van der Waals surface area contributed by atoms with E-state index in [0.717, 1.165) is 4.79 Å². The maximum absolute atomic E-state index is 10.2. The van der Waals surface area contributed by atoms with Gasteiger partial charge in [0.15, 0.2) is 0 Å². The van der Waals surface area contributed by atoms with Crippen LogP contribution in [0, 0.1) is 0 Å². The fourth-order valence-electron chi connectivity index (χ4n) is 0.613. The van der Waals surface area contributed by atoms with Crippen molar-refractivity contribution in [1.82, 2.24) is 19.8 Å². The highest BCUT2D eigenvalue weighted by molar-refractivity contribution is 4.78. The maximum atomic E-state index is 10.2. The number of aromatic nitrogens is 4. The van der Waals surface area contributed by atoms with Crippen LogP contribution in [0.5, 0.6) is 0 Å². The van der Waals surface area contributed by atoms with E-state index in [1.54, 1.807) is 18.5 Å². The Morgan fingerprint density at radius 1 is 1.46 bits per heavy atom. The lowest BCUT2D eigenvalue weighted by atomic mass is 10.7. The van der Waals surface area contributed by atoms with E-state index >= 15 is 0 Å². The number of aromatic amines is 1. The van der Waals surface area contributed by atoms with Crippen LogP contribution in [-0.2, 0) is 0 Å². The van der Waals surface area contributed by atoms with Crippen molar-refractivity contribution in [3.63, 3.8) is 0 Å². The number of hydrogen-bond acceptors (Lipinski definition) is 4. The molecule has 2 aromatic heterocycles. The molecule has 2 heterocycles. The highest BCUT2D eigenvalue weighted by atomic mass is 16.1. The molecule has 0 radical (unpaired) electrons. The standard InChI is InChI=1S/C3H5N3O.C3H5N3/c4-6-3(7)1-2-5-6;4-6-3-1-2-5-6/h1-2,5H,4H2;1-3H,4H2. The predicted molar refractivity (Wildman–Crippen MR) is 47.6 cm³/mol. The van der Waals surface area contributed by atoms with E-state index in [4.69, 9.17) is 11.7 Å². The van der Waals surface area contributed by atoms with Gasteiger partial charge in [0.1, 0.15) is 0 Å². The predicted octanol–water partition coefficient (Wildman–Crippen LogP) is -1.51. The van der Waals surface area contributed by atoms with Gasteiger partial charge in [0, 0.05) is 18.5 Å². The molecule has 0 aliphatic carbocycles.